The molecule has 5 nitrogen and oxygen atoms in total. The largest absolute Gasteiger partial charge is 0.279 e. The Morgan fingerprint density at radius 2 is 2.10 bits per heavy atom. The van der Waals surface area contributed by atoms with Crippen LogP contribution in [-0.2, 0) is 10.0 Å². The van der Waals surface area contributed by atoms with Crippen molar-refractivity contribution in [2.45, 2.75) is 4.21 Å². The zero-order chi connectivity index (χ0) is 14.9. The molecule has 0 fully saturated rings. The number of rotatable bonds is 4. The first-order valence-corrected chi connectivity index (χ1v) is 9.08. The van der Waals surface area contributed by atoms with Crippen molar-refractivity contribution in [1.29, 1.82) is 0 Å². The van der Waals surface area contributed by atoms with E-state index >= 15 is 0 Å². The molecule has 3 aromatic rings. The molecule has 0 unspecified atom stereocenters. The zero-order valence-electron chi connectivity index (χ0n) is 10.6. The lowest BCUT2D eigenvalue weighted by Gasteiger charge is -2.09. The van der Waals surface area contributed by atoms with E-state index in [4.69, 9.17) is 0 Å². The molecule has 1 N–H and O–H groups in total. The average molecular weight is 384 g/mol. The molecule has 0 saturated carbocycles. The average Bonchev–Trinajstić information content (AvgIpc) is 3.09. The van der Waals surface area contributed by atoms with Crippen molar-refractivity contribution in [3.63, 3.8) is 0 Å². The number of hydrogen-bond donors (Lipinski definition) is 1. The van der Waals surface area contributed by atoms with E-state index in [-0.39, 0.29) is 4.21 Å². The molecule has 0 radical (unpaired) electrons. The van der Waals surface area contributed by atoms with Crippen LogP contribution in [0.3, 0.4) is 0 Å². The van der Waals surface area contributed by atoms with Gasteiger partial charge in [-0.3, -0.25) is 4.72 Å². The normalized spacial score (nSPS) is 11.5. The first kappa shape index (κ1) is 14.3. The third kappa shape index (κ3) is 3.02. The molecule has 0 saturated heterocycles. The van der Waals surface area contributed by atoms with Gasteiger partial charge in [0.25, 0.3) is 10.0 Å². The smallest absolute Gasteiger partial charge is 0.272 e. The Kier molecular flexibility index (Phi) is 3.83. The standard InChI is InChI=1S/C13H10BrN3O2S2/c14-12-5-8-20-13(12)21(18,19)16-10-3-1-4-11(9-10)17-7-2-6-15-17/h1-9,16H. The number of nitrogens with zero attached hydrogens (tertiary/aromatic N) is 2. The Morgan fingerprint density at radius 3 is 2.76 bits per heavy atom. The second kappa shape index (κ2) is 5.63. The Hall–Kier alpha value is -1.64. The highest BCUT2D eigenvalue weighted by Crippen LogP contribution is 2.29. The molecule has 0 bridgehead atoms. The van der Waals surface area contributed by atoms with E-state index in [1.165, 1.54) is 0 Å². The molecule has 8 heteroatoms. The molecule has 0 aliphatic heterocycles. The van der Waals surface area contributed by atoms with Crippen molar-refractivity contribution in [2.24, 2.45) is 0 Å². The van der Waals surface area contributed by atoms with Gasteiger partial charge < -0.3 is 0 Å². The van der Waals surface area contributed by atoms with Gasteiger partial charge in [-0.1, -0.05) is 6.07 Å². The summed E-state index contributed by atoms with van der Waals surface area (Å²) in [7, 11) is -3.59. The number of nitrogens with one attached hydrogen (secondary N) is 1. The van der Waals surface area contributed by atoms with Gasteiger partial charge in [-0.2, -0.15) is 5.10 Å². The molecule has 2 heterocycles. The summed E-state index contributed by atoms with van der Waals surface area (Å²) in [5.41, 5.74) is 1.27. The number of hydrogen-bond acceptors (Lipinski definition) is 4. The van der Waals surface area contributed by atoms with Crippen LogP contribution in [0.5, 0.6) is 0 Å². The molecule has 0 aliphatic carbocycles. The monoisotopic (exact) mass is 383 g/mol. The van der Waals surface area contributed by atoms with E-state index in [0.717, 1.165) is 17.0 Å². The molecule has 108 valence electrons. The van der Waals surface area contributed by atoms with Crippen molar-refractivity contribution in [3.8, 4) is 5.69 Å². The van der Waals surface area contributed by atoms with Crippen LogP contribution < -0.4 is 4.72 Å². The van der Waals surface area contributed by atoms with Crippen molar-refractivity contribution >= 4 is 43.0 Å². The molecule has 21 heavy (non-hydrogen) atoms. The van der Waals surface area contributed by atoms with Gasteiger partial charge in [0.15, 0.2) is 4.21 Å². The molecule has 3 rings (SSSR count). The highest BCUT2D eigenvalue weighted by molar-refractivity contribution is 9.10. The maximum atomic E-state index is 12.3. The topological polar surface area (TPSA) is 64.0 Å². The first-order chi connectivity index (χ1) is 10.1. The number of thiophene rings is 1. The molecule has 0 amide bonds. The molecule has 2 aromatic heterocycles. The number of aromatic nitrogens is 2. The highest BCUT2D eigenvalue weighted by atomic mass is 79.9. The van der Waals surface area contributed by atoms with Crippen LogP contribution in [0.15, 0.2) is 62.9 Å². The molecule has 0 aliphatic rings. The number of halogens is 1. The maximum Gasteiger partial charge on any atom is 0.272 e. The van der Waals surface area contributed by atoms with Crippen LogP contribution >= 0.6 is 27.3 Å². The zero-order valence-corrected chi connectivity index (χ0v) is 13.8. The van der Waals surface area contributed by atoms with Gasteiger partial charge in [0, 0.05) is 16.9 Å². The molecular formula is C13H10BrN3O2S2. The van der Waals surface area contributed by atoms with Crippen LogP contribution in [0.1, 0.15) is 0 Å². The Balaban J connectivity index is 1.92. The quantitative estimate of drug-likeness (QED) is 0.749. The van der Waals surface area contributed by atoms with Crippen molar-refractivity contribution in [1.82, 2.24) is 9.78 Å². The summed E-state index contributed by atoms with van der Waals surface area (Å²) in [6.07, 6.45) is 3.46. The predicted octanol–water partition coefficient (Wildman–Crippen LogP) is 3.50. The SMILES string of the molecule is O=S(=O)(Nc1cccc(-n2cccn2)c1)c1sccc1Br. The summed E-state index contributed by atoms with van der Waals surface area (Å²) in [6.45, 7) is 0. The van der Waals surface area contributed by atoms with E-state index < -0.39 is 10.0 Å². The van der Waals surface area contributed by atoms with Crippen LogP contribution in [0.25, 0.3) is 5.69 Å². The molecule has 0 spiro atoms. The summed E-state index contributed by atoms with van der Waals surface area (Å²) in [6, 6.07) is 10.6. The van der Waals surface area contributed by atoms with Crippen LogP contribution in [-0.4, -0.2) is 18.2 Å². The van der Waals surface area contributed by atoms with E-state index in [2.05, 4.69) is 25.8 Å². The summed E-state index contributed by atoms with van der Waals surface area (Å²) in [5.74, 6) is 0. The van der Waals surface area contributed by atoms with E-state index in [1.807, 2.05) is 6.07 Å². The van der Waals surface area contributed by atoms with E-state index in [1.54, 1.807) is 52.8 Å². The fraction of sp³-hybridized carbons (Fsp3) is 0. The second-order valence-electron chi connectivity index (χ2n) is 4.16. The summed E-state index contributed by atoms with van der Waals surface area (Å²) >= 11 is 4.40. The number of sulfonamides is 1. The Bertz CT molecular complexity index is 857. The molecule has 0 atom stereocenters. The summed E-state index contributed by atoms with van der Waals surface area (Å²) in [5, 5.41) is 5.84. The minimum Gasteiger partial charge on any atom is -0.279 e. The highest BCUT2D eigenvalue weighted by Gasteiger charge is 2.19. The lowest BCUT2D eigenvalue weighted by molar-refractivity contribution is 0.603. The lowest BCUT2D eigenvalue weighted by Crippen LogP contribution is -2.12. The third-order valence-electron chi connectivity index (χ3n) is 2.70. The minimum atomic E-state index is -3.59. The number of benzene rings is 1. The van der Waals surface area contributed by atoms with E-state index in [0.29, 0.717) is 10.2 Å². The van der Waals surface area contributed by atoms with E-state index in [9.17, 15) is 8.42 Å². The fourth-order valence-corrected chi connectivity index (χ4v) is 5.19. The molecule has 1 aromatic carbocycles. The van der Waals surface area contributed by atoms with Crippen molar-refractivity contribution < 1.29 is 8.42 Å². The maximum absolute atomic E-state index is 12.3. The van der Waals surface area contributed by atoms with Gasteiger partial charge >= 0.3 is 0 Å². The predicted molar refractivity (Wildman–Crippen MR) is 86.4 cm³/mol. The first-order valence-electron chi connectivity index (χ1n) is 5.92. The fourth-order valence-electron chi connectivity index (χ4n) is 1.81. The van der Waals surface area contributed by atoms with Gasteiger partial charge in [0.1, 0.15) is 0 Å². The van der Waals surface area contributed by atoms with Gasteiger partial charge in [0.2, 0.25) is 0 Å². The Morgan fingerprint density at radius 1 is 1.24 bits per heavy atom. The molecular weight excluding hydrogens is 374 g/mol. The third-order valence-corrected chi connectivity index (χ3v) is 6.75. The van der Waals surface area contributed by atoms with Crippen LogP contribution in [0.4, 0.5) is 5.69 Å². The summed E-state index contributed by atoms with van der Waals surface area (Å²) < 4.78 is 29.7. The van der Waals surface area contributed by atoms with Crippen LogP contribution in [0.2, 0.25) is 0 Å². The van der Waals surface area contributed by atoms with Gasteiger partial charge in [-0.25, -0.2) is 13.1 Å². The van der Waals surface area contributed by atoms with Gasteiger partial charge in [0.05, 0.1) is 11.4 Å². The Labute approximate surface area is 134 Å². The lowest BCUT2D eigenvalue weighted by atomic mass is 10.3. The second-order valence-corrected chi connectivity index (χ2v) is 7.81. The van der Waals surface area contributed by atoms with Crippen LogP contribution in [0, 0.1) is 0 Å². The number of anilines is 1. The van der Waals surface area contributed by atoms with Gasteiger partial charge in [-0.05, 0) is 51.6 Å². The van der Waals surface area contributed by atoms with Crippen molar-refractivity contribution in [2.75, 3.05) is 4.72 Å². The van der Waals surface area contributed by atoms with Gasteiger partial charge in [-0.15, -0.1) is 11.3 Å². The summed E-state index contributed by atoms with van der Waals surface area (Å²) in [4.78, 5) is 0. The van der Waals surface area contributed by atoms with Crippen molar-refractivity contribution in [3.05, 3.63) is 58.6 Å². The minimum absolute atomic E-state index is 0.256.